The lowest BCUT2D eigenvalue weighted by Gasteiger charge is -2.07. The van der Waals surface area contributed by atoms with Crippen LogP contribution in [0.2, 0.25) is 0 Å². The third kappa shape index (κ3) is 5.67. The van der Waals surface area contributed by atoms with Gasteiger partial charge in [-0.3, -0.25) is 9.59 Å². The van der Waals surface area contributed by atoms with E-state index in [9.17, 15) is 18.0 Å². The summed E-state index contributed by atoms with van der Waals surface area (Å²) in [5.74, 6) is -1.35. The quantitative estimate of drug-likeness (QED) is 0.377. The first-order chi connectivity index (χ1) is 14.2. The normalized spacial score (nSPS) is 18.0. The van der Waals surface area contributed by atoms with E-state index in [0.717, 1.165) is 17.3 Å². The van der Waals surface area contributed by atoms with E-state index >= 15 is 0 Å². The molecular weight excluding hydrogens is 430 g/mol. The minimum atomic E-state index is -3.93. The van der Waals surface area contributed by atoms with Crippen LogP contribution in [-0.2, 0) is 19.7 Å². The van der Waals surface area contributed by atoms with E-state index in [1.165, 1.54) is 30.5 Å². The summed E-state index contributed by atoms with van der Waals surface area (Å²) in [5, 5.41) is 18.4. The molecule has 0 aliphatic carbocycles. The number of nitrogens with zero attached hydrogens (tertiary/aromatic N) is 2. The van der Waals surface area contributed by atoms with Crippen molar-refractivity contribution >= 4 is 45.1 Å². The fourth-order valence-corrected chi connectivity index (χ4v) is 4.23. The Labute approximate surface area is 177 Å². The molecule has 3 rings (SSSR count). The highest BCUT2D eigenvalue weighted by molar-refractivity contribution is 8.15. The minimum absolute atomic E-state index is 0.0619. The van der Waals surface area contributed by atoms with Crippen molar-refractivity contribution in [1.82, 2.24) is 5.32 Å². The van der Waals surface area contributed by atoms with E-state index in [2.05, 4.69) is 15.5 Å². The van der Waals surface area contributed by atoms with Crippen LogP contribution in [0.4, 0.5) is 0 Å². The number of hydrogen-bond donors (Lipinski definition) is 2. The first-order valence-corrected chi connectivity index (χ1v) is 10.9. The van der Waals surface area contributed by atoms with Crippen LogP contribution in [0.1, 0.15) is 17.5 Å². The zero-order valence-corrected chi connectivity index (χ0v) is 17.3. The third-order valence-corrected chi connectivity index (χ3v) is 6.22. The van der Waals surface area contributed by atoms with Gasteiger partial charge >= 0.3 is 16.1 Å². The van der Waals surface area contributed by atoms with Crippen molar-refractivity contribution in [2.24, 2.45) is 10.2 Å². The Morgan fingerprint density at radius 3 is 2.50 bits per heavy atom. The van der Waals surface area contributed by atoms with Gasteiger partial charge in [-0.15, -0.1) is 5.10 Å². The fraction of sp³-hybridized carbons (Fsp3) is 0.158. The maximum atomic E-state index is 12.3. The molecule has 0 aromatic heterocycles. The van der Waals surface area contributed by atoms with Crippen molar-refractivity contribution in [3.05, 3.63) is 59.7 Å². The molecule has 1 amide bonds. The van der Waals surface area contributed by atoms with Crippen LogP contribution in [0.15, 0.2) is 63.6 Å². The van der Waals surface area contributed by atoms with Gasteiger partial charge in [0.15, 0.2) is 5.17 Å². The highest BCUT2D eigenvalue weighted by Crippen LogP contribution is 2.22. The zero-order chi connectivity index (χ0) is 21.7. The van der Waals surface area contributed by atoms with Gasteiger partial charge in [-0.25, -0.2) is 0 Å². The predicted molar refractivity (Wildman–Crippen MR) is 112 cm³/mol. The molecule has 9 nitrogen and oxygen atoms in total. The number of aryl methyl sites for hydroxylation is 1. The molecule has 2 N–H and O–H groups in total. The highest BCUT2D eigenvalue weighted by atomic mass is 32.2. The number of carboxylic acids is 1. The van der Waals surface area contributed by atoms with Crippen molar-refractivity contribution in [1.29, 1.82) is 0 Å². The highest BCUT2D eigenvalue weighted by Gasteiger charge is 2.32. The lowest BCUT2D eigenvalue weighted by Crippen LogP contribution is -2.26. The van der Waals surface area contributed by atoms with Gasteiger partial charge in [0.2, 0.25) is 5.91 Å². The average molecular weight is 447 g/mol. The van der Waals surface area contributed by atoms with Gasteiger partial charge in [0.1, 0.15) is 15.9 Å². The lowest BCUT2D eigenvalue weighted by atomic mass is 10.2. The number of hydrogen-bond acceptors (Lipinski definition) is 8. The zero-order valence-electron chi connectivity index (χ0n) is 15.7. The van der Waals surface area contributed by atoms with Gasteiger partial charge in [-0.05, 0) is 48.9 Å². The summed E-state index contributed by atoms with van der Waals surface area (Å²) in [4.78, 5) is 22.4. The number of amidine groups is 1. The summed E-state index contributed by atoms with van der Waals surface area (Å²) in [6, 6.07) is 12.5. The van der Waals surface area contributed by atoms with E-state index in [4.69, 9.17) is 9.29 Å². The van der Waals surface area contributed by atoms with Gasteiger partial charge in [0.05, 0.1) is 12.6 Å². The topological polar surface area (TPSA) is 134 Å². The first-order valence-electron chi connectivity index (χ1n) is 8.64. The average Bonchev–Trinajstić information content (AvgIpc) is 3.02. The number of amides is 1. The molecule has 1 atom stereocenters. The molecular formula is C19H17N3O6S2. The second-order valence-electron chi connectivity index (χ2n) is 6.26. The molecule has 1 unspecified atom stereocenters. The monoisotopic (exact) mass is 447 g/mol. The van der Waals surface area contributed by atoms with Crippen molar-refractivity contribution in [2.75, 3.05) is 0 Å². The van der Waals surface area contributed by atoms with E-state index < -0.39 is 27.2 Å². The van der Waals surface area contributed by atoms with Crippen LogP contribution in [0.3, 0.4) is 0 Å². The van der Waals surface area contributed by atoms with Gasteiger partial charge in [-0.1, -0.05) is 29.5 Å². The number of rotatable bonds is 7. The van der Waals surface area contributed by atoms with Crippen molar-refractivity contribution < 1.29 is 27.3 Å². The number of nitrogens with one attached hydrogen (secondary N) is 1. The number of benzene rings is 2. The number of carbonyl (C=O) groups is 2. The smallest absolute Gasteiger partial charge is 0.339 e. The Kier molecular flexibility index (Phi) is 6.53. The summed E-state index contributed by atoms with van der Waals surface area (Å²) in [5.41, 5.74) is 1.56. The summed E-state index contributed by atoms with van der Waals surface area (Å²) in [6.07, 6.45) is 1.11. The third-order valence-electron chi connectivity index (χ3n) is 3.89. The van der Waals surface area contributed by atoms with Crippen LogP contribution in [0.25, 0.3) is 0 Å². The minimum Gasteiger partial charge on any atom is -0.481 e. The SMILES string of the molecule is Cc1ccc(S(=O)(=O)Oc2ccc(C=N/N=C3\NC(=O)C(CC(=O)O)S3)cc2)cc1. The van der Waals surface area contributed by atoms with Crippen LogP contribution in [0, 0.1) is 6.92 Å². The summed E-state index contributed by atoms with van der Waals surface area (Å²) in [6.45, 7) is 1.86. The largest absolute Gasteiger partial charge is 0.481 e. The van der Waals surface area contributed by atoms with Gasteiger partial charge in [0, 0.05) is 0 Å². The first kappa shape index (κ1) is 21.5. The number of thioether (sulfide) groups is 1. The molecule has 1 aliphatic rings. The number of carboxylic acid groups (broad SMARTS) is 1. The van der Waals surface area contributed by atoms with E-state index in [1.54, 1.807) is 24.3 Å². The van der Waals surface area contributed by atoms with Crippen molar-refractivity contribution in [3.8, 4) is 5.75 Å². The molecule has 156 valence electrons. The molecule has 1 aliphatic heterocycles. The maximum absolute atomic E-state index is 12.3. The standard InChI is InChI=1S/C19H17N3O6S2/c1-12-2-8-15(9-3-12)30(26,27)28-14-6-4-13(5-7-14)11-20-22-19-21-18(25)16(29-19)10-17(23)24/h2-9,11,16H,10H2,1H3,(H,23,24)(H,21,22,25). The van der Waals surface area contributed by atoms with Crippen molar-refractivity contribution in [3.63, 3.8) is 0 Å². The molecule has 2 aromatic rings. The molecule has 1 saturated heterocycles. The second kappa shape index (κ2) is 9.09. The van der Waals surface area contributed by atoms with E-state index in [-0.39, 0.29) is 22.2 Å². The molecule has 30 heavy (non-hydrogen) atoms. The Hall–Kier alpha value is -3.18. The summed E-state index contributed by atoms with van der Waals surface area (Å²) in [7, 11) is -3.93. The Morgan fingerprint density at radius 1 is 1.20 bits per heavy atom. The molecule has 0 saturated carbocycles. The lowest BCUT2D eigenvalue weighted by molar-refractivity contribution is -0.138. The Balaban J connectivity index is 1.61. The predicted octanol–water partition coefficient (Wildman–Crippen LogP) is 2.16. The van der Waals surface area contributed by atoms with Crippen LogP contribution >= 0.6 is 11.8 Å². The van der Waals surface area contributed by atoms with Gasteiger partial charge < -0.3 is 14.6 Å². The fourth-order valence-electron chi connectivity index (χ4n) is 2.38. The second-order valence-corrected chi connectivity index (χ2v) is 9.00. The van der Waals surface area contributed by atoms with Crippen LogP contribution < -0.4 is 9.50 Å². The molecule has 1 heterocycles. The molecule has 11 heteroatoms. The van der Waals surface area contributed by atoms with Crippen LogP contribution in [-0.4, -0.2) is 42.0 Å². The number of carbonyl (C=O) groups excluding carboxylic acids is 1. The van der Waals surface area contributed by atoms with E-state index in [1.807, 2.05) is 6.92 Å². The van der Waals surface area contributed by atoms with Gasteiger partial charge in [0.25, 0.3) is 0 Å². The van der Waals surface area contributed by atoms with Crippen LogP contribution in [0.5, 0.6) is 5.75 Å². The molecule has 2 aromatic carbocycles. The molecule has 0 bridgehead atoms. The Morgan fingerprint density at radius 2 is 1.87 bits per heavy atom. The molecule has 1 fully saturated rings. The summed E-state index contributed by atoms with van der Waals surface area (Å²) >= 11 is 0.998. The van der Waals surface area contributed by atoms with Crippen molar-refractivity contribution in [2.45, 2.75) is 23.5 Å². The van der Waals surface area contributed by atoms with Gasteiger partial charge in [-0.2, -0.15) is 13.5 Å². The molecule has 0 spiro atoms. The Bertz CT molecular complexity index is 1110. The van der Waals surface area contributed by atoms with E-state index in [0.29, 0.717) is 5.56 Å². The molecule has 0 radical (unpaired) electrons. The number of aliphatic carboxylic acids is 1. The summed E-state index contributed by atoms with van der Waals surface area (Å²) < 4.78 is 29.7. The maximum Gasteiger partial charge on any atom is 0.339 e.